The molecular formula is C23H30N2O3. The zero-order valence-electron chi connectivity index (χ0n) is 17.4. The standard InChI is InChI=1S/C23H30N2O3/c1-6-17(4)25(23(27)19-12-8-9-14-21(19)28-7-2)15-22(26)24-20-13-10-11-16(3)18(20)5/h8-14,17H,6-7,15H2,1-5H3,(H,24,26). The highest BCUT2D eigenvalue weighted by atomic mass is 16.5. The van der Waals surface area contributed by atoms with E-state index in [1.807, 2.05) is 58.9 Å². The molecule has 0 saturated carbocycles. The van der Waals surface area contributed by atoms with Crippen LogP contribution in [0.15, 0.2) is 42.5 Å². The summed E-state index contributed by atoms with van der Waals surface area (Å²) in [6.07, 6.45) is 0.749. The zero-order valence-corrected chi connectivity index (χ0v) is 17.4. The fourth-order valence-corrected chi connectivity index (χ4v) is 2.96. The number of aryl methyl sites for hydroxylation is 1. The van der Waals surface area contributed by atoms with Gasteiger partial charge in [-0.15, -0.1) is 0 Å². The first-order valence-corrected chi connectivity index (χ1v) is 9.77. The molecule has 0 aromatic heterocycles. The largest absolute Gasteiger partial charge is 0.493 e. The number of rotatable bonds is 8. The number of hydrogen-bond acceptors (Lipinski definition) is 3. The SMILES string of the molecule is CCOc1ccccc1C(=O)N(CC(=O)Nc1cccc(C)c1C)C(C)CC. The highest BCUT2D eigenvalue weighted by molar-refractivity contribution is 6.01. The van der Waals surface area contributed by atoms with Gasteiger partial charge in [-0.05, 0) is 63.4 Å². The molecule has 150 valence electrons. The van der Waals surface area contributed by atoms with Crippen LogP contribution < -0.4 is 10.1 Å². The summed E-state index contributed by atoms with van der Waals surface area (Å²) >= 11 is 0. The summed E-state index contributed by atoms with van der Waals surface area (Å²) in [5.41, 5.74) is 3.39. The van der Waals surface area contributed by atoms with Crippen molar-refractivity contribution in [2.24, 2.45) is 0 Å². The maximum atomic E-state index is 13.2. The number of benzene rings is 2. The predicted molar refractivity (Wildman–Crippen MR) is 113 cm³/mol. The summed E-state index contributed by atoms with van der Waals surface area (Å²) < 4.78 is 5.60. The molecule has 0 aliphatic carbocycles. The van der Waals surface area contributed by atoms with Gasteiger partial charge in [0.1, 0.15) is 12.3 Å². The molecule has 1 atom stereocenters. The van der Waals surface area contributed by atoms with E-state index in [9.17, 15) is 9.59 Å². The average molecular weight is 383 g/mol. The molecule has 0 saturated heterocycles. The summed E-state index contributed by atoms with van der Waals surface area (Å²) in [5.74, 6) is 0.129. The van der Waals surface area contributed by atoms with Crippen molar-refractivity contribution in [3.8, 4) is 5.75 Å². The minimum Gasteiger partial charge on any atom is -0.493 e. The Balaban J connectivity index is 2.23. The topological polar surface area (TPSA) is 58.6 Å². The molecule has 5 nitrogen and oxygen atoms in total. The van der Waals surface area contributed by atoms with Crippen molar-refractivity contribution in [1.29, 1.82) is 0 Å². The third-order valence-corrected chi connectivity index (χ3v) is 4.99. The molecule has 1 N–H and O–H groups in total. The van der Waals surface area contributed by atoms with Gasteiger partial charge in [0.15, 0.2) is 0 Å². The van der Waals surface area contributed by atoms with Crippen molar-refractivity contribution in [2.45, 2.75) is 47.1 Å². The predicted octanol–water partition coefficient (Wildman–Crippen LogP) is 4.58. The monoisotopic (exact) mass is 382 g/mol. The van der Waals surface area contributed by atoms with Crippen molar-refractivity contribution in [3.05, 3.63) is 59.2 Å². The number of nitrogens with one attached hydrogen (secondary N) is 1. The highest BCUT2D eigenvalue weighted by Crippen LogP contribution is 2.22. The molecule has 0 aliphatic rings. The Morgan fingerprint density at radius 3 is 2.46 bits per heavy atom. The maximum Gasteiger partial charge on any atom is 0.258 e. The summed E-state index contributed by atoms with van der Waals surface area (Å²) in [4.78, 5) is 27.5. The number of carbonyl (C=O) groups is 2. The normalized spacial score (nSPS) is 11.6. The lowest BCUT2D eigenvalue weighted by molar-refractivity contribution is -0.117. The van der Waals surface area contributed by atoms with E-state index >= 15 is 0 Å². The average Bonchev–Trinajstić information content (AvgIpc) is 2.69. The van der Waals surface area contributed by atoms with Crippen molar-refractivity contribution in [1.82, 2.24) is 4.90 Å². The third kappa shape index (κ3) is 5.12. The van der Waals surface area contributed by atoms with E-state index < -0.39 is 0 Å². The van der Waals surface area contributed by atoms with Crippen LogP contribution in [0.25, 0.3) is 0 Å². The van der Waals surface area contributed by atoms with E-state index in [0.717, 1.165) is 23.2 Å². The molecule has 5 heteroatoms. The van der Waals surface area contributed by atoms with Gasteiger partial charge < -0.3 is 15.0 Å². The van der Waals surface area contributed by atoms with Crippen molar-refractivity contribution in [3.63, 3.8) is 0 Å². The van der Waals surface area contributed by atoms with Crippen LogP contribution in [0.1, 0.15) is 48.7 Å². The van der Waals surface area contributed by atoms with Crippen LogP contribution >= 0.6 is 0 Å². The molecule has 0 fully saturated rings. The summed E-state index contributed by atoms with van der Waals surface area (Å²) in [5, 5.41) is 2.94. The van der Waals surface area contributed by atoms with Gasteiger partial charge in [-0.25, -0.2) is 0 Å². The number of amides is 2. The molecule has 1 unspecified atom stereocenters. The first-order valence-electron chi connectivity index (χ1n) is 9.77. The minimum absolute atomic E-state index is 0.0122. The Labute approximate surface area is 167 Å². The first kappa shape index (κ1) is 21.5. The number of anilines is 1. The van der Waals surface area contributed by atoms with Crippen LogP contribution in [-0.2, 0) is 4.79 Å². The molecule has 0 heterocycles. The van der Waals surface area contributed by atoms with Crippen molar-refractivity contribution >= 4 is 17.5 Å². The Kier molecular flexibility index (Phi) is 7.61. The van der Waals surface area contributed by atoms with Gasteiger partial charge in [-0.2, -0.15) is 0 Å². The number of carbonyl (C=O) groups excluding carboxylic acids is 2. The molecule has 2 aromatic rings. The van der Waals surface area contributed by atoms with Gasteiger partial charge >= 0.3 is 0 Å². The fourth-order valence-electron chi connectivity index (χ4n) is 2.96. The van der Waals surface area contributed by atoms with Gasteiger partial charge in [0.25, 0.3) is 5.91 Å². The Hall–Kier alpha value is -2.82. The quantitative estimate of drug-likeness (QED) is 0.727. The van der Waals surface area contributed by atoms with Crippen molar-refractivity contribution in [2.75, 3.05) is 18.5 Å². The van der Waals surface area contributed by atoms with Crippen LogP contribution in [0, 0.1) is 13.8 Å². The Morgan fingerprint density at radius 1 is 1.07 bits per heavy atom. The minimum atomic E-state index is -0.212. The number of nitrogens with zero attached hydrogens (tertiary/aromatic N) is 1. The van der Waals surface area contributed by atoms with Crippen molar-refractivity contribution < 1.29 is 14.3 Å². The highest BCUT2D eigenvalue weighted by Gasteiger charge is 2.25. The summed E-state index contributed by atoms with van der Waals surface area (Å²) in [7, 11) is 0. The third-order valence-electron chi connectivity index (χ3n) is 4.99. The second-order valence-electron chi connectivity index (χ2n) is 6.92. The Morgan fingerprint density at radius 2 is 1.79 bits per heavy atom. The molecule has 2 rings (SSSR count). The lowest BCUT2D eigenvalue weighted by atomic mass is 10.1. The second-order valence-corrected chi connectivity index (χ2v) is 6.92. The molecule has 0 radical (unpaired) electrons. The molecule has 2 amide bonds. The number of ether oxygens (including phenoxy) is 1. The number of para-hydroxylation sites is 1. The van der Waals surface area contributed by atoms with Gasteiger partial charge in [-0.1, -0.05) is 31.2 Å². The lowest BCUT2D eigenvalue weighted by Crippen LogP contribution is -2.43. The summed E-state index contributed by atoms with van der Waals surface area (Å²) in [6, 6.07) is 12.9. The van der Waals surface area contributed by atoms with Crippen LogP contribution in [-0.4, -0.2) is 35.9 Å². The molecular weight excluding hydrogens is 352 g/mol. The number of hydrogen-bond donors (Lipinski definition) is 1. The van der Waals surface area contributed by atoms with E-state index in [2.05, 4.69) is 5.32 Å². The van der Waals surface area contributed by atoms with Gasteiger partial charge in [0.2, 0.25) is 5.91 Å². The molecule has 0 aliphatic heterocycles. The lowest BCUT2D eigenvalue weighted by Gasteiger charge is -2.29. The van der Waals surface area contributed by atoms with Crippen LogP contribution in [0.2, 0.25) is 0 Å². The van der Waals surface area contributed by atoms with E-state index in [1.54, 1.807) is 23.1 Å². The van der Waals surface area contributed by atoms with Crippen LogP contribution in [0.5, 0.6) is 5.75 Å². The van der Waals surface area contributed by atoms with Gasteiger partial charge in [0, 0.05) is 11.7 Å². The van der Waals surface area contributed by atoms with E-state index in [-0.39, 0.29) is 24.4 Å². The van der Waals surface area contributed by atoms with Gasteiger partial charge in [0.05, 0.1) is 12.2 Å². The molecule has 2 aromatic carbocycles. The fraction of sp³-hybridized carbons (Fsp3) is 0.391. The molecule has 0 bridgehead atoms. The van der Waals surface area contributed by atoms with Gasteiger partial charge in [-0.3, -0.25) is 9.59 Å². The van der Waals surface area contributed by atoms with Crippen LogP contribution in [0.4, 0.5) is 5.69 Å². The molecule has 0 spiro atoms. The van der Waals surface area contributed by atoms with E-state index in [0.29, 0.717) is 17.9 Å². The second kappa shape index (κ2) is 9.93. The zero-order chi connectivity index (χ0) is 20.7. The smallest absolute Gasteiger partial charge is 0.258 e. The van der Waals surface area contributed by atoms with Crippen LogP contribution in [0.3, 0.4) is 0 Å². The maximum absolute atomic E-state index is 13.2. The first-order chi connectivity index (χ1) is 13.4. The Bertz CT molecular complexity index is 832. The van der Waals surface area contributed by atoms with E-state index in [1.165, 1.54) is 0 Å². The summed E-state index contributed by atoms with van der Waals surface area (Å²) in [6.45, 7) is 10.3. The molecule has 28 heavy (non-hydrogen) atoms. The van der Waals surface area contributed by atoms with E-state index in [4.69, 9.17) is 4.74 Å².